The summed E-state index contributed by atoms with van der Waals surface area (Å²) in [6.07, 6.45) is 4.20. The first-order valence-corrected chi connectivity index (χ1v) is 6.31. The maximum atomic E-state index is 8.70. The van der Waals surface area contributed by atoms with Crippen LogP contribution in [0, 0.1) is 0 Å². The van der Waals surface area contributed by atoms with Gasteiger partial charge in [0.1, 0.15) is 0 Å². The number of hydrogen-bond donors (Lipinski definition) is 2. The molecule has 0 fully saturated rings. The number of aliphatic hydroxyl groups excluding tert-OH is 1. The van der Waals surface area contributed by atoms with Crippen LogP contribution < -0.4 is 5.32 Å². The van der Waals surface area contributed by atoms with Crippen LogP contribution in [0.4, 0.5) is 0 Å². The number of aryl methyl sites for hydroxylation is 1. The van der Waals surface area contributed by atoms with Gasteiger partial charge in [0.2, 0.25) is 0 Å². The van der Waals surface area contributed by atoms with E-state index < -0.39 is 0 Å². The van der Waals surface area contributed by atoms with Crippen molar-refractivity contribution in [3.8, 4) is 0 Å². The predicted octanol–water partition coefficient (Wildman–Crippen LogP) is 2.69. The van der Waals surface area contributed by atoms with Gasteiger partial charge < -0.3 is 10.4 Å². The van der Waals surface area contributed by atoms with Gasteiger partial charge in [-0.25, -0.2) is 0 Å². The molecule has 2 N–H and O–H groups in total. The van der Waals surface area contributed by atoms with E-state index in [4.69, 9.17) is 16.7 Å². The van der Waals surface area contributed by atoms with Crippen molar-refractivity contribution in [1.82, 2.24) is 5.32 Å². The average Bonchev–Trinajstić information content (AvgIpc) is 2.67. The fourth-order valence-electron chi connectivity index (χ4n) is 2.31. The second-order valence-corrected chi connectivity index (χ2v) is 4.76. The number of hydrogen-bond acceptors (Lipinski definition) is 2. The van der Waals surface area contributed by atoms with Crippen LogP contribution in [0.2, 0.25) is 5.02 Å². The normalized spacial score (nSPS) is 18.8. The maximum absolute atomic E-state index is 8.70. The number of nitrogens with one attached hydrogen (secondary N) is 1. The summed E-state index contributed by atoms with van der Waals surface area (Å²) in [5, 5.41) is 13.1. The second-order valence-electron chi connectivity index (χ2n) is 4.32. The molecule has 2 rings (SSSR count). The molecule has 1 unspecified atom stereocenters. The average molecular weight is 240 g/mol. The van der Waals surface area contributed by atoms with Crippen LogP contribution in [0.25, 0.3) is 0 Å². The zero-order chi connectivity index (χ0) is 11.4. The van der Waals surface area contributed by atoms with Crippen LogP contribution in [0.1, 0.15) is 36.4 Å². The summed E-state index contributed by atoms with van der Waals surface area (Å²) in [6, 6.07) is 6.65. The fraction of sp³-hybridized carbons (Fsp3) is 0.538. The van der Waals surface area contributed by atoms with Crippen molar-refractivity contribution < 1.29 is 5.11 Å². The van der Waals surface area contributed by atoms with E-state index in [1.807, 2.05) is 6.07 Å². The molecule has 1 aromatic rings. The molecule has 0 aromatic heterocycles. The van der Waals surface area contributed by atoms with E-state index >= 15 is 0 Å². The minimum absolute atomic E-state index is 0.290. The van der Waals surface area contributed by atoms with Crippen molar-refractivity contribution in [3.05, 3.63) is 34.3 Å². The fourth-order valence-corrected chi connectivity index (χ4v) is 2.51. The molecule has 88 valence electrons. The highest BCUT2D eigenvalue weighted by Gasteiger charge is 2.21. The lowest BCUT2D eigenvalue weighted by Crippen LogP contribution is -2.20. The van der Waals surface area contributed by atoms with Gasteiger partial charge in [0.15, 0.2) is 0 Å². The molecule has 0 radical (unpaired) electrons. The van der Waals surface area contributed by atoms with E-state index in [-0.39, 0.29) is 0 Å². The third-order valence-electron chi connectivity index (χ3n) is 3.16. The SMILES string of the molecule is OCCCCNC1CCc2cc(Cl)ccc21. The van der Waals surface area contributed by atoms with Crippen LogP contribution in [-0.2, 0) is 6.42 Å². The summed E-state index contributed by atoms with van der Waals surface area (Å²) in [4.78, 5) is 0. The van der Waals surface area contributed by atoms with Gasteiger partial charge in [0.05, 0.1) is 0 Å². The van der Waals surface area contributed by atoms with Gasteiger partial charge in [-0.15, -0.1) is 0 Å². The predicted molar refractivity (Wildman–Crippen MR) is 66.8 cm³/mol. The molecule has 1 aliphatic rings. The molecule has 1 aromatic carbocycles. The van der Waals surface area contributed by atoms with Gasteiger partial charge in [0, 0.05) is 17.7 Å². The lowest BCUT2D eigenvalue weighted by molar-refractivity contribution is 0.282. The van der Waals surface area contributed by atoms with Crippen LogP contribution in [0.3, 0.4) is 0 Å². The Morgan fingerprint density at radius 3 is 3.06 bits per heavy atom. The Kier molecular flexibility index (Phi) is 4.22. The molecular formula is C13H18ClNO. The highest BCUT2D eigenvalue weighted by atomic mass is 35.5. The van der Waals surface area contributed by atoms with Gasteiger partial charge in [-0.1, -0.05) is 17.7 Å². The maximum Gasteiger partial charge on any atom is 0.0431 e. The summed E-state index contributed by atoms with van der Waals surface area (Å²) >= 11 is 5.97. The van der Waals surface area contributed by atoms with Crippen molar-refractivity contribution in [2.24, 2.45) is 0 Å². The Morgan fingerprint density at radius 1 is 1.38 bits per heavy atom. The van der Waals surface area contributed by atoms with Gasteiger partial charge in [-0.2, -0.15) is 0 Å². The van der Waals surface area contributed by atoms with Crippen molar-refractivity contribution >= 4 is 11.6 Å². The first-order valence-electron chi connectivity index (χ1n) is 5.94. The van der Waals surface area contributed by atoms with E-state index in [0.717, 1.165) is 37.3 Å². The molecule has 3 heteroatoms. The summed E-state index contributed by atoms with van der Waals surface area (Å²) in [5.74, 6) is 0. The molecule has 0 heterocycles. The van der Waals surface area contributed by atoms with Crippen LogP contribution in [0.15, 0.2) is 18.2 Å². The molecule has 0 aliphatic heterocycles. The van der Waals surface area contributed by atoms with Crippen LogP contribution >= 0.6 is 11.6 Å². The number of unbranched alkanes of at least 4 members (excludes halogenated alkanes) is 1. The zero-order valence-corrected chi connectivity index (χ0v) is 10.1. The number of halogens is 1. The van der Waals surface area contributed by atoms with Gasteiger partial charge in [0.25, 0.3) is 0 Å². The number of rotatable bonds is 5. The molecule has 1 aliphatic carbocycles. The van der Waals surface area contributed by atoms with Crippen LogP contribution in [0.5, 0.6) is 0 Å². The topological polar surface area (TPSA) is 32.3 Å². The van der Waals surface area contributed by atoms with E-state index in [0.29, 0.717) is 12.6 Å². The zero-order valence-electron chi connectivity index (χ0n) is 9.38. The molecule has 16 heavy (non-hydrogen) atoms. The van der Waals surface area contributed by atoms with E-state index in [9.17, 15) is 0 Å². The standard InChI is InChI=1S/C13H18ClNO/c14-11-4-5-12-10(9-11)3-6-13(12)15-7-1-2-8-16/h4-5,9,13,15-16H,1-3,6-8H2. The Bertz CT molecular complexity index is 354. The molecule has 0 saturated heterocycles. The summed E-state index contributed by atoms with van der Waals surface area (Å²) in [6.45, 7) is 1.27. The van der Waals surface area contributed by atoms with E-state index in [2.05, 4.69) is 17.4 Å². The van der Waals surface area contributed by atoms with Crippen molar-refractivity contribution in [3.63, 3.8) is 0 Å². The highest BCUT2D eigenvalue weighted by molar-refractivity contribution is 6.30. The third-order valence-corrected chi connectivity index (χ3v) is 3.39. The van der Waals surface area contributed by atoms with Gasteiger partial charge in [-0.05, 0) is 55.5 Å². The Balaban J connectivity index is 1.91. The van der Waals surface area contributed by atoms with Crippen molar-refractivity contribution in [1.29, 1.82) is 0 Å². The van der Waals surface area contributed by atoms with E-state index in [1.165, 1.54) is 11.1 Å². The summed E-state index contributed by atoms with van der Waals surface area (Å²) in [5.41, 5.74) is 2.78. The lowest BCUT2D eigenvalue weighted by atomic mass is 10.1. The first kappa shape index (κ1) is 11.9. The molecule has 0 amide bonds. The Labute approximate surface area is 102 Å². The quantitative estimate of drug-likeness (QED) is 0.775. The molecule has 1 atom stereocenters. The Morgan fingerprint density at radius 2 is 2.25 bits per heavy atom. The minimum Gasteiger partial charge on any atom is -0.396 e. The largest absolute Gasteiger partial charge is 0.396 e. The highest BCUT2D eigenvalue weighted by Crippen LogP contribution is 2.32. The third kappa shape index (κ3) is 2.76. The summed E-state index contributed by atoms with van der Waals surface area (Å²) in [7, 11) is 0. The molecule has 2 nitrogen and oxygen atoms in total. The monoisotopic (exact) mass is 239 g/mol. The number of benzene rings is 1. The van der Waals surface area contributed by atoms with Crippen molar-refractivity contribution in [2.45, 2.75) is 31.7 Å². The van der Waals surface area contributed by atoms with Gasteiger partial charge in [-0.3, -0.25) is 0 Å². The number of aliphatic hydroxyl groups is 1. The number of fused-ring (bicyclic) bond motifs is 1. The molecule has 0 bridgehead atoms. The van der Waals surface area contributed by atoms with Gasteiger partial charge >= 0.3 is 0 Å². The van der Waals surface area contributed by atoms with E-state index in [1.54, 1.807) is 0 Å². The smallest absolute Gasteiger partial charge is 0.0431 e. The second kappa shape index (κ2) is 5.67. The molecule has 0 spiro atoms. The summed E-state index contributed by atoms with van der Waals surface area (Å²) < 4.78 is 0. The minimum atomic E-state index is 0.290. The molecule has 0 saturated carbocycles. The Hall–Kier alpha value is -0.570. The van der Waals surface area contributed by atoms with Crippen molar-refractivity contribution in [2.75, 3.05) is 13.2 Å². The lowest BCUT2D eigenvalue weighted by Gasteiger charge is -2.13. The van der Waals surface area contributed by atoms with Crippen LogP contribution in [-0.4, -0.2) is 18.3 Å². The molecular weight excluding hydrogens is 222 g/mol. The first-order chi connectivity index (χ1) is 7.81.